The van der Waals surface area contributed by atoms with E-state index in [1.54, 1.807) is 24.4 Å². The van der Waals surface area contributed by atoms with Crippen molar-refractivity contribution >= 4 is 27.0 Å². The molecule has 212 valence electrons. The van der Waals surface area contributed by atoms with Crippen molar-refractivity contribution in [3.63, 3.8) is 0 Å². The Hall–Kier alpha value is -1.74. The van der Waals surface area contributed by atoms with Gasteiger partial charge in [-0.2, -0.15) is 17.5 Å². The monoisotopic (exact) mass is 577 g/mol. The summed E-state index contributed by atoms with van der Waals surface area (Å²) < 4.78 is 74.0. The van der Waals surface area contributed by atoms with Crippen molar-refractivity contribution in [2.75, 3.05) is 44.3 Å². The largest absolute Gasteiger partial charge is 0.421 e. The number of piperazine rings is 1. The smallest absolute Gasteiger partial charge is 0.392 e. The van der Waals surface area contributed by atoms with Crippen molar-refractivity contribution in [1.82, 2.24) is 9.21 Å². The summed E-state index contributed by atoms with van der Waals surface area (Å²) in [4.78, 5) is 4.11. The molecular weight excluding hydrogens is 543 g/mol. The van der Waals surface area contributed by atoms with E-state index in [4.69, 9.17) is 4.74 Å². The number of benzene rings is 1. The van der Waals surface area contributed by atoms with Gasteiger partial charge < -0.3 is 19.8 Å². The molecule has 2 aromatic rings. The Labute approximate surface area is 225 Å². The average Bonchev–Trinajstić information content (AvgIpc) is 3.40. The molecule has 2 saturated heterocycles. The Kier molecular flexibility index (Phi) is 8.49. The lowest BCUT2D eigenvalue weighted by Crippen LogP contribution is -2.63. The molecule has 38 heavy (non-hydrogen) atoms. The first-order valence-corrected chi connectivity index (χ1v) is 14.8. The van der Waals surface area contributed by atoms with Crippen molar-refractivity contribution in [1.29, 1.82) is 0 Å². The van der Waals surface area contributed by atoms with Crippen LogP contribution in [0.1, 0.15) is 26.3 Å². The molecule has 13 heteroatoms. The minimum atomic E-state index is -4.83. The van der Waals surface area contributed by atoms with E-state index in [1.807, 2.05) is 11.8 Å². The highest BCUT2D eigenvalue weighted by atomic mass is 32.2. The minimum Gasteiger partial charge on any atom is -0.392 e. The molecule has 8 nitrogen and oxygen atoms in total. The molecule has 2 fully saturated rings. The van der Waals surface area contributed by atoms with Crippen molar-refractivity contribution in [2.24, 2.45) is 0 Å². The Balaban J connectivity index is 1.65. The number of alkyl halides is 3. The predicted octanol–water partition coefficient (Wildman–Crippen LogP) is 2.87. The molecule has 2 aliphatic heterocycles. The lowest BCUT2D eigenvalue weighted by atomic mass is 9.95. The number of sulfonamides is 1. The van der Waals surface area contributed by atoms with E-state index < -0.39 is 27.9 Å². The van der Waals surface area contributed by atoms with Crippen LogP contribution in [-0.4, -0.2) is 97.6 Å². The fourth-order valence-electron chi connectivity index (χ4n) is 5.07. The number of morpholine rings is 1. The zero-order valence-electron chi connectivity index (χ0n) is 21.5. The highest BCUT2D eigenvalue weighted by Gasteiger charge is 2.51. The van der Waals surface area contributed by atoms with Gasteiger partial charge in [-0.1, -0.05) is 18.2 Å². The maximum Gasteiger partial charge on any atom is 0.421 e. The van der Waals surface area contributed by atoms with Crippen molar-refractivity contribution in [2.45, 2.75) is 61.0 Å². The number of rotatable bonds is 7. The lowest BCUT2D eigenvalue weighted by Gasteiger charge is -2.48. The normalized spacial score (nSPS) is 26.7. The molecule has 0 unspecified atom stereocenters. The van der Waals surface area contributed by atoms with Crippen LogP contribution < -0.4 is 4.90 Å². The van der Waals surface area contributed by atoms with Crippen molar-refractivity contribution in [3.8, 4) is 0 Å². The molecule has 0 spiro atoms. The van der Waals surface area contributed by atoms with Gasteiger partial charge in [0.25, 0.3) is 10.0 Å². The number of nitrogens with zero attached hydrogens (tertiary/aromatic N) is 3. The molecule has 0 bridgehead atoms. The molecular formula is C25H34F3N3O5S2. The number of hydrogen-bond acceptors (Lipinski definition) is 8. The first-order valence-electron chi connectivity index (χ1n) is 12.4. The van der Waals surface area contributed by atoms with E-state index in [0.717, 1.165) is 18.3 Å². The topological polar surface area (TPSA) is 93.6 Å². The Morgan fingerprint density at radius 3 is 2.42 bits per heavy atom. The molecule has 4 rings (SSSR count). The molecule has 2 N–H and O–H groups in total. The van der Waals surface area contributed by atoms with Crippen molar-refractivity contribution < 1.29 is 36.5 Å². The van der Waals surface area contributed by atoms with E-state index in [9.17, 15) is 31.8 Å². The summed E-state index contributed by atoms with van der Waals surface area (Å²) in [6.07, 6.45) is -5.51. The van der Waals surface area contributed by atoms with E-state index in [0.29, 0.717) is 32.0 Å². The molecule has 0 radical (unpaired) electrons. The van der Waals surface area contributed by atoms with Gasteiger partial charge in [-0.3, -0.25) is 4.90 Å². The van der Waals surface area contributed by atoms with Gasteiger partial charge in [-0.05, 0) is 49.9 Å². The summed E-state index contributed by atoms with van der Waals surface area (Å²) >= 11 is 1.15. The molecule has 3 heterocycles. The standard InChI is InChI=1S/C25H34F3N3O5S2/c1-17-15-36-16-22(18(2)32)31(17)14-21-13-29(38(34,35)23-5-4-12-37-23)10-11-30(21)20-8-6-19(7-9-20)24(3,33)25(26,27)28/h4-9,12,17-18,21-22,32-33H,10-11,13-16H2,1-3H3/t17-,18-,21+,22-,24+/m0/s1. The summed E-state index contributed by atoms with van der Waals surface area (Å²) in [5, 5.41) is 22.2. The van der Waals surface area contributed by atoms with Gasteiger partial charge in [0.2, 0.25) is 0 Å². The number of aliphatic hydroxyl groups excluding tert-OH is 1. The number of halogens is 3. The highest BCUT2D eigenvalue weighted by Crippen LogP contribution is 2.39. The van der Waals surface area contributed by atoms with Crippen LogP contribution >= 0.6 is 11.3 Å². The van der Waals surface area contributed by atoms with E-state index in [2.05, 4.69) is 4.90 Å². The number of ether oxygens (including phenoxy) is 1. The van der Waals surface area contributed by atoms with Gasteiger partial charge in [-0.15, -0.1) is 11.3 Å². The summed E-state index contributed by atoms with van der Waals surface area (Å²) in [5.41, 5.74) is -2.65. The maximum atomic E-state index is 13.3. The molecule has 0 amide bonds. The van der Waals surface area contributed by atoms with Crippen LogP contribution in [0, 0.1) is 0 Å². The molecule has 1 aromatic carbocycles. The van der Waals surface area contributed by atoms with Crippen LogP contribution in [0.5, 0.6) is 0 Å². The third-order valence-corrected chi connectivity index (χ3v) is 10.7. The van der Waals surface area contributed by atoms with Crippen LogP contribution in [0.3, 0.4) is 0 Å². The number of hydrogen-bond donors (Lipinski definition) is 2. The first kappa shape index (κ1) is 29.2. The molecule has 0 saturated carbocycles. The van der Waals surface area contributed by atoms with Crippen molar-refractivity contribution in [3.05, 3.63) is 47.3 Å². The minimum absolute atomic E-state index is 0.0289. The van der Waals surface area contributed by atoms with Gasteiger partial charge in [-0.25, -0.2) is 8.42 Å². The summed E-state index contributed by atoms with van der Waals surface area (Å²) in [7, 11) is -3.71. The van der Waals surface area contributed by atoms with Crippen LogP contribution in [0.4, 0.5) is 18.9 Å². The second kappa shape index (κ2) is 11.0. The summed E-state index contributed by atoms with van der Waals surface area (Å²) in [6, 6.07) is 8.16. The molecule has 2 aliphatic rings. The zero-order valence-corrected chi connectivity index (χ0v) is 23.1. The predicted molar refractivity (Wildman–Crippen MR) is 139 cm³/mol. The first-order chi connectivity index (χ1) is 17.7. The number of aliphatic hydroxyl groups is 2. The summed E-state index contributed by atoms with van der Waals surface area (Å²) in [6.45, 7) is 6.31. The Morgan fingerprint density at radius 2 is 1.84 bits per heavy atom. The van der Waals surface area contributed by atoms with E-state index in [1.165, 1.54) is 28.6 Å². The zero-order chi connectivity index (χ0) is 27.9. The number of thiophene rings is 1. The van der Waals surface area contributed by atoms with E-state index >= 15 is 0 Å². The number of anilines is 1. The highest BCUT2D eigenvalue weighted by molar-refractivity contribution is 7.91. The fraction of sp³-hybridized carbons (Fsp3) is 0.600. The van der Waals surface area contributed by atoms with Crippen LogP contribution in [0.15, 0.2) is 46.0 Å². The lowest BCUT2D eigenvalue weighted by molar-refractivity contribution is -0.258. The van der Waals surface area contributed by atoms with Gasteiger partial charge in [0.15, 0.2) is 5.60 Å². The Bertz CT molecular complexity index is 1170. The van der Waals surface area contributed by atoms with E-state index in [-0.39, 0.29) is 41.0 Å². The summed E-state index contributed by atoms with van der Waals surface area (Å²) in [5.74, 6) is 0. The molecule has 1 aromatic heterocycles. The third kappa shape index (κ3) is 5.74. The maximum absolute atomic E-state index is 13.3. The molecule has 0 aliphatic carbocycles. The van der Waals surface area contributed by atoms with Gasteiger partial charge in [0, 0.05) is 37.9 Å². The average molecular weight is 578 g/mol. The quantitative estimate of drug-likeness (QED) is 0.523. The van der Waals surface area contributed by atoms with Crippen LogP contribution in [0.2, 0.25) is 0 Å². The SMILES string of the molecule is C[C@H](O)[C@@H]1COC[C@H](C)N1C[C@H]1CN(S(=O)(=O)c2cccs2)CCN1c1ccc([C@@](C)(O)C(F)(F)F)cc1. The molecule has 5 atom stereocenters. The second-order valence-electron chi connectivity index (χ2n) is 10.2. The van der Waals surface area contributed by atoms with Gasteiger partial charge in [0.1, 0.15) is 4.21 Å². The van der Waals surface area contributed by atoms with Gasteiger partial charge >= 0.3 is 6.18 Å². The van der Waals surface area contributed by atoms with Crippen LogP contribution in [-0.2, 0) is 20.4 Å². The van der Waals surface area contributed by atoms with Gasteiger partial charge in [0.05, 0.1) is 31.4 Å². The Morgan fingerprint density at radius 1 is 1.16 bits per heavy atom. The van der Waals surface area contributed by atoms with Crippen LogP contribution in [0.25, 0.3) is 0 Å². The third-order valence-electron chi connectivity index (χ3n) is 7.47. The fourth-order valence-corrected chi connectivity index (χ4v) is 7.69. The second-order valence-corrected chi connectivity index (χ2v) is 13.3.